The molecule has 0 aromatic heterocycles. The van der Waals surface area contributed by atoms with Crippen LogP contribution >= 0.6 is 0 Å². The Labute approximate surface area is 173 Å². The van der Waals surface area contributed by atoms with E-state index in [4.69, 9.17) is 9.47 Å². The zero-order valence-electron chi connectivity index (χ0n) is 18.8. The van der Waals surface area contributed by atoms with Gasteiger partial charge in [-0.15, -0.1) is 13.2 Å². The van der Waals surface area contributed by atoms with Crippen molar-refractivity contribution < 1.29 is 14.3 Å². The van der Waals surface area contributed by atoms with Crippen molar-refractivity contribution in [3.8, 4) is 0 Å². The Balaban J connectivity index is 0.000000618. The van der Waals surface area contributed by atoms with Crippen LogP contribution in [-0.4, -0.2) is 25.8 Å². The number of benzene rings is 1. The standard InChI is InChI=1S/C17H24O.C6H14O2.C2H4/c1-3-14-5-4-6-17(11-14)13(2)16-9-7-15(12-18)8-10-16;1-4-7-6(3)8-5-2;1-2/h7-10,12-14,17H,3-6,11H2,1-2H3;6H,4-5H2,1-3H3;1-2H2. The van der Waals surface area contributed by atoms with Crippen molar-refractivity contribution in [1.82, 2.24) is 0 Å². The van der Waals surface area contributed by atoms with E-state index in [1.807, 2.05) is 32.9 Å². The molecule has 1 aromatic carbocycles. The molecule has 1 aromatic rings. The van der Waals surface area contributed by atoms with Gasteiger partial charge in [0.15, 0.2) is 6.29 Å². The highest BCUT2D eigenvalue weighted by Gasteiger charge is 2.25. The summed E-state index contributed by atoms with van der Waals surface area (Å²) in [6.45, 7) is 17.9. The Morgan fingerprint density at radius 2 is 1.61 bits per heavy atom. The van der Waals surface area contributed by atoms with Gasteiger partial charge in [-0.3, -0.25) is 4.79 Å². The van der Waals surface area contributed by atoms with Crippen LogP contribution in [0.4, 0.5) is 0 Å². The van der Waals surface area contributed by atoms with Gasteiger partial charge in [-0.25, -0.2) is 0 Å². The fourth-order valence-electron chi connectivity index (χ4n) is 3.83. The zero-order valence-corrected chi connectivity index (χ0v) is 18.8. The normalized spacial score (nSPS) is 19.6. The summed E-state index contributed by atoms with van der Waals surface area (Å²) in [5.74, 6) is 2.38. The summed E-state index contributed by atoms with van der Waals surface area (Å²) in [4.78, 5) is 10.7. The molecule has 1 aliphatic carbocycles. The fourth-order valence-corrected chi connectivity index (χ4v) is 3.83. The Morgan fingerprint density at radius 1 is 1.04 bits per heavy atom. The molecule has 0 amide bonds. The highest BCUT2D eigenvalue weighted by atomic mass is 16.7. The Bertz CT molecular complexity index is 491. The summed E-state index contributed by atoms with van der Waals surface area (Å²) < 4.78 is 10.1. The average Bonchev–Trinajstić information content (AvgIpc) is 2.75. The van der Waals surface area contributed by atoms with Crippen LogP contribution in [0.3, 0.4) is 0 Å². The molecule has 0 radical (unpaired) electrons. The molecule has 0 bridgehead atoms. The van der Waals surface area contributed by atoms with Crippen LogP contribution in [0.1, 0.15) is 88.6 Å². The van der Waals surface area contributed by atoms with E-state index < -0.39 is 0 Å². The first kappa shape index (κ1) is 26.6. The monoisotopic (exact) mass is 390 g/mol. The molecule has 3 heteroatoms. The van der Waals surface area contributed by atoms with Crippen LogP contribution in [-0.2, 0) is 9.47 Å². The molecule has 3 unspecified atom stereocenters. The number of aldehydes is 1. The summed E-state index contributed by atoms with van der Waals surface area (Å²) in [6.07, 6.45) is 7.77. The van der Waals surface area contributed by atoms with Gasteiger partial charge in [0.05, 0.1) is 0 Å². The largest absolute Gasteiger partial charge is 0.353 e. The molecule has 0 saturated heterocycles. The molecular formula is C25H42O3. The lowest BCUT2D eigenvalue weighted by Crippen LogP contribution is -2.19. The van der Waals surface area contributed by atoms with E-state index in [2.05, 4.69) is 39.1 Å². The first-order valence-electron chi connectivity index (χ1n) is 10.8. The molecular weight excluding hydrogens is 348 g/mol. The molecule has 0 heterocycles. The van der Waals surface area contributed by atoms with Crippen molar-refractivity contribution in [1.29, 1.82) is 0 Å². The van der Waals surface area contributed by atoms with Crippen molar-refractivity contribution in [3.05, 3.63) is 48.6 Å². The van der Waals surface area contributed by atoms with Gasteiger partial charge in [-0.05, 0) is 56.9 Å². The van der Waals surface area contributed by atoms with Gasteiger partial charge in [-0.2, -0.15) is 0 Å². The SMILES string of the molecule is C=C.CCC1CCCC(C(C)c2ccc(C=O)cc2)C1.CCOC(C)OCC. The maximum atomic E-state index is 10.7. The second-order valence-electron chi connectivity index (χ2n) is 7.25. The van der Waals surface area contributed by atoms with Gasteiger partial charge in [-0.1, -0.05) is 57.4 Å². The maximum Gasteiger partial charge on any atom is 0.154 e. The number of rotatable bonds is 8. The lowest BCUT2D eigenvalue weighted by Gasteiger charge is -2.33. The van der Waals surface area contributed by atoms with E-state index in [1.54, 1.807) is 0 Å². The second kappa shape index (κ2) is 16.5. The van der Waals surface area contributed by atoms with E-state index in [0.29, 0.717) is 5.92 Å². The first-order valence-corrected chi connectivity index (χ1v) is 10.8. The summed E-state index contributed by atoms with van der Waals surface area (Å²) in [5, 5.41) is 0. The number of hydrogen-bond donors (Lipinski definition) is 0. The molecule has 0 aliphatic heterocycles. The minimum atomic E-state index is -0.0370. The second-order valence-corrected chi connectivity index (χ2v) is 7.25. The Kier molecular flexibility index (Phi) is 15.6. The minimum Gasteiger partial charge on any atom is -0.353 e. The summed E-state index contributed by atoms with van der Waals surface area (Å²) in [7, 11) is 0. The summed E-state index contributed by atoms with van der Waals surface area (Å²) in [5.41, 5.74) is 2.17. The van der Waals surface area contributed by atoms with Crippen LogP contribution in [0.25, 0.3) is 0 Å². The highest BCUT2D eigenvalue weighted by Crippen LogP contribution is 2.39. The van der Waals surface area contributed by atoms with E-state index >= 15 is 0 Å². The van der Waals surface area contributed by atoms with Crippen LogP contribution < -0.4 is 0 Å². The van der Waals surface area contributed by atoms with Crippen LogP contribution in [0.15, 0.2) is 37.4 Å². The number of carbonyl (C=O) groups is 1. The average molecular weight is 391 g/mol. The van der Waals surface area contributed by atoms with Crippen LogP contribution in [0.5, 0.6) is 0 Å². The maximum absolute atomic E-state index is 10.7. The predicted octanol–water partition coefficient (Wildman–Crippen LogP) is 7.03. The molecule has 28 heavy (non-hydrogen) atoms. The number of carbonyl (C=O) groups excluding carboxylic acids is 1. The molecule has 0 N–H and O–H groups in total. The van der Waals surface area contributed by atoms with Crippen molar-refractivity contribution in [2.24, 2.45) is 11.8 Å². The molecule has 3 atom stereocenters. The molecule has 0 spiro atoms. The highest BCUT2D eigenvalue weighted by molar-refractivity contribution is 5.74. The van der Waals surface area contributed by atoms with Crippen molar-refractivity contribution in [2.45, 2.75) is 78.9 Å². The zero-order chi connectivity index (χ0) is 21.4. The van der Waals surface area contributed by atoms with Crippen molar-refractivity contribution >= 4 is 6.29 Å². The summed E-state index contributed by atoms with van der Waals surface area (Å²) >= 11 is 0. The molecule has 1 aliphatic rings. The summed E-state index contributed by atoms with van der Waals surface area (Å²) in [6, 6.07) is 8.14. The Morgan fingerprint density at radius 3 is 2.07 bits per heavy atom. The lowest BCUT2D eigenvalue weighted by atomic mass is 9.73. The van der Waals surface area contributed by atoms with Gasteiger partial charge in [0, 0.05) is 18.8 Å². The van der Waals surface area contributed by atoms with E-state index in [9.17, 15) is 4.79 Å². The van der Waals surface area contributed by atoms with E-state index in [0.717, 1.165) is 36.9 Å². The minimum absolute atomic E-state index is 0.0370. The van der Waals surface area contributed by atoms with E-state index in [1.165, 1.54) is 37.7 Å². The molecule has 1 fully saturated rings. The lowest BCUT2D eigenvalue weighted by molar-refractivity contribution is -0.123. The topological polar surface area (TPSA) is 35.5 Å². The van der Waals surface area contributed by atoms with Crippen molar-refractivity contribution in [3.63, 3.8) is 0 Å². The van der Waals surface area contributed by atoms with E-state index in [-0.39, 0.29) is 6.29 Å². The molecule has 1 saturated carbocycles. The van der Waals surface area contributed by atoms with Gasteiger partial charge < -0.3 is 9.47 Å². The third kappa shape index (κ3) is 10.2. The predicted molar refractivity (Wildman–Crippen MR) is 120 cm³/mol. The van der Waals surface area contributed by atoms with Gasteiger partial charge in [0.25, 0.3) is 0 Å². The van der Waals surface area contributed by atoms with Gasteiger partial charge >= 0.3 is 0 Å². The van der Waals surface area contributed by atoms with Gasteiger partial charge in [0.1, 0.15) is 6.29 Å². The smallest absolute Gasteiger partial charge is 0.154 e. The third-order valence-electron chi connectivity index (χ3n) is 5.51. The third-order valence-corrected chi connectivity index (χ3v) is 5.51. The molecule has 3 nitrogen and oxygen atoms in total. The number of ether oxygens (including phenoxy) is 2. The first-order chi connectivity index (χ1) is 13.5. The fraction of sp³-hybridized carbons (Fsp3) is 0.640. The van der Waals surface area contributed by atoms with Crippen LogP contribution in [0.2, 0.25) is 0 Å². The molecule has 2 rings (SSSR count). The van der Waals surface area contributed by atoms with Crippen LogP contribution in [0, 0.1) is 11.8 Å². The number of hydrogen-bond acceptors (Lipinski definition) is 3. The molecule has 160 valence electrons. The Hall–Kier alpha value is -1.45. The van der Waals surface area contributed by atoms with Gasteiger partial charge in [0.2, 0.25) is 0 Å². The van der Waals surface area contributed by atoms with Crippen molar-refractivity contribution in [2.75, 3.05) is 13.2 Å². The quantitative estimate of drug-likeness (QED) is 0.271.